The number of para-hydroxylation sites is 1. The Morgan fingerprint density at radius 3 is 2.24 bits per heavy atom. The number of phenolic OH excluding ortho intramolecular Hbond substituents is 1. The lowest BCUT2D eigenvalue weighted by Gasteiger charge is -2.03. The quantitative estimate of drug-likeness (QED) is 0.365. The molecule has 1 N–H and O–H groups in total. The SMILES string of the molecule is COc1ccccc1N=Nc1ccc(O)c(N=Nc2cccc3ccccc23)c1. The molecule has 0 fully saturated rings. The third-order valence-electron chi connectivity index (χ3n) is 4.35. The van der Waals surface area contributed by atoms with E-state index in [4.69, 9.17) is 4.74 Å². The molecule has 4 rings (SSSR count). The van der Waals surface area contributed by atoms with E-state index in [1.807, 2.05) is 66.7 Å². The minimum Gasteiger partial charge on any atom is -0.506 e. The van der Waals surface area contributed by atoms with Crippen molar-refractivity contribution in [1.29, 1.82) is 0 Å². The zero-order valence-electron chi connectivity index (χ0n) is 15.7. The molecule has 142 valence electrons. The normalized spacial score (nSPS) is 11.5. The summed E-state index contributed by atoms with van der Waals surface area (Å²) in [6.45, 7) is 0. The van der Waals surface area contributed by atoms with Gasteiger partial charge in [0.25, 0.3) is 0 Å². The number of azo groups is 2. The Morgan fingerprint density at radius 1 is 0.655 bits per heavy atom. The van der Waals surface area contributed by atoms with E-state index < -0.39 is 0 Å². The van der Waals surface area contributed by atoms with Crippen LogP contribution in [0.2, 0.25) is 0 Å². The molecular weight excluding hydrogens is 364 g/mol. The first-order valence-electron chi connectivity index (χ1n) is 9.02. The van der Waals surface area contributed by atoms with Gasteiger partial charge in [0, 0.05) is 5.39 Å². The second kappa shape index (κ2) is 8.31. The van der Waals surface area contributed by atoms with Gasteiger partial charge in [0.2, 0.25) is 0 Å². The molecule has 6 heteroatoms. The van der Waals surface area contributed by atoms with Crippen molar-refractivity contribution in [1.82, 2.24) is 0 Å². The highest BCUT2D eigenvalue weighted by Crippen LogP contribution is 2.35. The van der Waals surface area contributed by atoms with Crippen LogP contribution in [0, 0.1) is 0 Å². The molecule has 0 radical (unpaired) electrons. The van der Waals surface area contributed by atoms with Crippen molar-refractivity contribution in [2.24, 2.45) is 20.5 Å². The zero-order chi connectivity index (χ0) is 20.1. The summed E-state index contributed by atoms with van der Waals surface area (Å²) in [6, 6.07) is 25.9. The second-order valence-corrected chi connectivity index (χ2v) is 6.24. The summed E-state index contributed by atoms with van der Waals surface area (Å²) < 4.78 is 5.27. The van der Waals surface area contributed by atoms with E-state index in [-0.39, 0.29) is 5.75 Å². The first-order valence-corrected chi connectivity index (χ1v) is 9.02. The molecule has 0 bridgehead atoms. The van der Waals surface area contributed by atoms with Crippen LogP contribution in [-0.4, -0.2) is 12.2 Å². The Hall–Kier alpha value is -4.06. The summed E-state index contributed by atoms with van der Waals surface area (Å²) in [7, 11) is 1.58. The van der Waals surface area contributed by atoms with Crippen LogP contribution in [0.25, 0.3) is 10.8 Å². The summed E-state index contributed by atoms with van der Waals surface area (Å²) in [5, 5.41) is 29.2. The Balaban J connectivity index is 1.63. The fourth-order valence-electron chi connectivity index (χ4n) is 2.88. The van der Waals surface area contributed by atoms with Gasteiger partial charge in [-0.15, -0.1) is 15.3 Å². The van der Waals surface area contributed by atoms with Crippen molar-refractivity contribution in [2.45, 2.75) is 0 Å². The summed E-state index contributed by atoms with van der Waals surface area (Å²) in [6.07, 6.45) is 0. The highest BCUT2D eigenvalue weighted by molar-refractivity contribution is 5.92. The summed E-state index contributed by atoms with van der Waals surface area (Å²) >= 11 is 0. The van der Waals surface area contributed by atoms with Crippen LogP contribution in [0.3, 0.4) is 0 Å². The third-order valence-corrected chi connectivity index (χ3v) is 4.35. The summed E-state index contributed by atoms with van der Waals surface area (Å²) in [5.41, 5.74) is 2.19. The van der Waals surface area contributed by atoms with Crippen molar-refractivity contribution in [3.8, 4) is 11.5 Å². The van der Waals surface area contributed by atoms with Crippen LogP contribution >= 0.6 is 0 Å². The number of aromatic hydroxyl groups is 1. The van der Waals surface area contributed by atoms with Gasteiger partial charge in [0.05, 0.1) is 18.5 Å². The molecule has 4 aromatic carbocycles. The molecule has 0 unspecified atom stereocenters. The van der Waals surface area contributed by atoms with Crippen LogP contribution in [0.15, 0.2) is 105 Å². The number of phenols is 1. The van der Waals surface area contributed by atoms with E-state index in [0.717, 1.165) is 16.5 Å². The Kier molecular flexibility index (Phi) is 5.25. The van der Waals surface area contributed by atoms with Crippen molar-refractivity contribution >= 4 is 33.5 Å². The highest BCUT2D eigenvalue weighted by atomic mass is 16.5. The number of benzene rings is 4. The van der Waals surface area contributed by atoms with Crippen molar-refractivity contribution in [2.75, 3.05) is 7.11 Å². The maximum absolute atomic E-state index is 10.1. The lowest BCUT2D eigenvalue weighted by molar-refractivity contribution is 0.416. The van der Waals surface area contributed by atoms with Gasteiger partial charge >= 0.3 is 0 Å². The van der Waals surface area contributed by atoms with Gasteiger partial charge in [0.1, 0.15) is 22.9 Å². The minimum absolute atomic E-state index is 0.0187. The number of methoxy groups -OCH3 is 1. The Bertz CT molecular complexity index is 1210. The number of fused-ring (bicyclic) bond motifs is 1. The maximum atomic E-state index is 10.1. The summed E-state index contributed by atoms with van der Waals surface area (Å²) in [4.78, 5) is 0. The second-order valence-electron chi connectivity index (χ2n) is 6.24. The van der Waals surface area contributed by atoms with Gasteiger partial charge in [-0.25, -0.2) is 0 Å². The Morgan fingerprint density at radius 2 is 1.34 bits per heavy atom. The third kappa shape index (κ3) is 4.11. The molecule has 0 amide bonds. The molecule has 0 atom stereocenters. The molecule has 0 aliphatic carbocycles. The van der Waals surface area contributed by atoms with E-state index in [1.165, 1.54) is 6.07 Å². The molecule has 0 heterocycles. The van der Waals surface area contributed by atoms with Gasteiger partial charge in [0.15, 0.2) is 0 Å². The van der Waals surface area contributed by atoms with Crippen LogP contribution in [0.5, 0.6) is 11.5 Å². The van der Waals surface area contributed by atoms with E-state index >= 15 is 0 Å². The van der Waals surface area contributed by atoms with E-state index in [2.05, 4.69) is 20.5 Å². The van der Waals surface area contributed by atoms with E-state index in [0.29, 0.717) is 22.8 Å². The maximum Gasteiger partial charge on any atom is 0.146 e. The summed E-state index contributed by atoms with van der Waals surface area (Å²) in [5.74, 6) is 0.649. The fraction of sp³-hybridized carbons (Fsp3) is 0.0435. The molecule has 0 saturated heterocycles. The number of ether oxygens (including phenoxy) is 1. The standard InChI is InChI=1S/C23H18N4O2/c1-29-23-12-5-4-10-20(23)26-24-17-13-14-22(28)21(15-17)27-25-19-11-6-8-16-7-2-3-9-18(16)19/h2-15,28H,1H3. The van der Waals surface area contributed by atoms with Gasteiger partial charge in [-0.3, -0.25) is 0 Å². The molecule has 4 aromatic rings. The highest BCUT2D eigenvalue weighted by Gasteiger charge is 2.04. The first-order chi connectivity index (χ1) is 14.2. The Labute approximate surface area is 167 Å². The van der Waals surface area contributed by atoms with Crippen LogP contribution in [0.4, 0.5) is 22.7 Å². The topological polar surface area (TPSA) is 78.9 Å². The molecule has 29 heavy (non-hydrogen) atoms. The van der Waals surface area contributed by atoms with Crippen LogP contribution in [-0.2, 0) is 0 Å². The number of rotatable bonds is 5. The fourth-order valence-corrected chi connectivity index (χ4v) is 2.88. The van der Waals surface area contributed by atoms with Crippen molar-refractivity contribution in [3.63, 3.8) is 0 Å². The molecule has 0 spiro atoms. The van der Waals surface area contributed by atoms with Crippen LogP contribution in [0.1, 0.15) is 0 Å². The predicted molar refractivity (Wildman–Crippen MR) is 113 cm³/mol. The van der Waals surface area contributed by atoms with Gasteiger partial charge in [-0.1, -0.05) is 48.5 Å². The predicted octanol–water partition coefficient (Wildman–Crippen LogP) is 7.38. The molecular formula is C23H18N4O2. The average Bonchev–Trinajstić information content (AvgIpc) is 2.77. The molecule has 6 nitrogen and oxygen atoms in total. The minimum atomic E-state index is 0.0187. The number of hydrogen-bond donors (Lipinski definition) is 1. The largest absolute Gasteiger partial charge is 0.506 e. The number of nitrogens with zero attached hydrogens (tertiary/aromatic N) is 4. The molecule has 0 aromatic heterocycles. The lowest BCUT2D eigenvalue weighted by atomic mass is 10.1. The van der Waals surface area contributed by atoms with Gasteiger partial charge < -0.3 is 9.84 Å². The van der Waals surface area contributed by atoms with Crippen molar-refractivity contribution in [3.05, 3.63) is 84.9 Å². The van der Waals surface area contributed by atoms with Crippen molar-refractivity contribution < 1.29 is 9.84 Å². The zero-order valence-corrected chi connectivity index (χ0v) is 15.7. The van der Waals surface area contributed by atoms with Gasteiger partial charge in [-0.2, -0.15) is 5.11 Å². The monoisotopic (exact) mass is 382 g/mol. The number of hydrogen-bond acceptors (Lipinski definition) is 6. The van der Waals surface area contributed by atoms with Crippen LogP contribution < -0.4 is 4.74 Å². The van der Waals surface area contributed by atoms with E-state index in [9.17, 15) is 5.11 Å². The average molecular weight is 382 g/mol. The molecule has 0 aliphatic rings. The smallest absolute Gasteiger partial charge is 0.146 e. The molecule has 0 saturated carbocycles. The van der Waals surface area contributed by atoms with Gasteiger partial charge in [-0.05, 0) is 41.8 Å². The lowest BCUT2D eigenvalue weighted by Crippen LogP contribution is -1.81. The molecule has 0 aliphatic heterocycles. The van der Waals surface area contributed by atoms with E-state index in [1.54, 1.807) is 19.2 Å². The first kappa shape index (κ1) is 18.3.